The van der Waals surface area contributed by atoms with Crippen molar-refractivity contribution in [2.24, 2.45) is 0 Å². The Labute approximate surface area is 80.8 Å². The zero-order chi connectivity index (χ0) is 9.90. The van der Waals surface area contributed by atoms with Crippen molar-refractivity contribution in [2.45, 2.75) is 12.2 Å². The molecule has 0 aliphatic rings. The summed E-state index contributed by atoms with van der Waals surface area (Å²) in [5.74, 6) is -0.0386. The van der Waals surface area contributed by atoms with E-state index in [1.54, 1.807) is 5.38 Å². The van der Waals surface area contributed by atoms with E-state index < -0.39 is 9.84 Å². The van der Waals surface area contributed by atoms with Crippen molar-refractivity contribution in [3.05, 3.63) is 16.1 Å². The summed E-state index contributed by atoms with van der Waals surface area (Å²) >= 11 is 1.27. The third-order valence-electron chi connectivity index (χ3n) is 1.25. The topological polar surface area (TPSA) is 70.8 Å². The van der Waals surface area contributed by atoms with E-state index in [1.165, 1.54) is 17.6 Å². The van der Waals surface area contributed by atoms with Crippen LogP contribution in [0, 0.1) is 11.3 Å². The van der Waals surface area contributed by atoms with Gasteiger partial charge in [-0.2, -0.15) is 5.26 Å². The molecular weight excluding hydrogens is 208 g/mol. The van der Waals surface area contributed by atoms with Crippen LogP contribution in [0.25, 0.3) is 0 Å². The lowest BCUT2D eigenvalue weighted by atomic mass is 10.4. The van der Waals surface area contributed by atoms with Gasteiger partial charge in [-0.25, -0.2) is 13.4 Å². The number of hydrogen-bond donors (Lipinski definition) is 0. The largest absolute Gasteiger partial charge is 0.244 e. The van der Waals surface area contributed by atoms with E-state index in [-0.39, 0.29) is 12.2 Å². The second-order valence-electron chi connectivity index (χ2n) is 2.64. The Kier molecular flexibility index (Phi) is 3.01. The summed E-state index contributed by atoms with van der Waals surface area (Å²) in [6.07, 6.45) is 1.40. The van der Waals surface area contributed by atoms with Crippen molar-refractivity contribution in [3.63, 3.8) is 0 Å². The minimum absolute atomic E-state index is 0.0386. The maximum Gasteiger partial charge on any atom is 0.153 e. The lowest BCUT2D eigenvalue weighted by Gasteiger charge is -1.90. The average Bonchev–Trinajstić information content (AvgIpc) is 2.33. The first kappa shape index (κ1) is 10.2. The van der Waals surface area contributed by atoms with E-state index in [4.69, 9.17) is 5.26 Å². The Morgan fingerprint density at radius 3 is 2.92 bits per heavy atom. The molecule has 0 N–H and O–H groups in total. The minimum Gasteiger partial charge on any atom is -0.244 e. The Balaban J connectivity index is 2.76. The number of nitrogens with zero attached hydrogens (tertiary/aromatic N) is 2. The summed E-state index contributed by atoms with van der Waals surface area (Å²) < 4.78 is 21.7. The quantitative estimate of drug-likeness (QED) is 0.747. The molecule has 4 nitrogen and oxygen atoms in total. The number of sulfone groups is 1. The first-order chi connectivity index (χ1) is 6.01. The summed E-state index contributed by atoms with van der Waals surface area (Å²) in [5, 5.41) is 10.6. The average molecular weight is 216 g/mol. The van der Waals surface area contributed by atoms with Gasteiger partial charge in [0.25, 0.3) is 0 Å². The lowest BCUT2D eigenvalue weighted by Crippen LogP contribution is -2.00. The van der Waals surface area contributed by atoms with Gasteiger partial charge in [0.15, 0.2) is 9.84 Å². The van der Waals surface area contributed by atoms with Gasteiger partial charge in [0.1, 0.15) is 10.8 Å². The van der Waals surface area contributed by atoms with Gasteiger partial charge in [0.05, 0.1) is 18.2 Å². The highest BCUT2D eigenvalue weighted by molar-refractivity contribution is 7.90. The Bertz CT molecular complexity index is 428. The molecule has 0 amide bonds. The fourth-order valence-electron chi connectivity index (χ4n) is 0.802. The van der Waals surface area contributed by atoms with E-state index in [0.717, 1.165) is 0 Å². The maximum absolute atomic E-state index is 10.9. The molecule has 0 atom stereocenters. The number of rotatable bonds is 3. The van der Waals surface area contributed by atoms with Crippen molar-refractivity contribution in [3.8, 4) is 6.07 Å². The van der Waals surface area contributed by atoms with Crippen LogP contribution in [0.15, 0.2) is 5.38 Å². The number of aromatic nitrogens is 1. The second-order valence-corrected chi connectivity index (χ2v) is 5.72. The molecule has 1 aromatic rings. The third kappa shape index (κ3) is 3.53. The Morgan fingerprint density at radius 2 is 2.38 bits per heavy atom. The first-order valence-corrected chi connectivity index (χ1v) is 6.43. The zero-order valence-electron chi connectivity index (χ0n) is 7.02. The van der Waals surface area contributed by atoms with Crippen LogP contribution in [0.3, 0.4) is 0 Å². The molecule has 0 aliphatic heterocycles. The van der Waals surface area contributed by atoms with E-state index in [9.17, 15) is 8.42 Å². The van der Waals surface area contributed by atoms with Crippen LogP contribution in [0.4, 0.5) is 0 Å². The summed E-state index contributed by atoms with van der Waals surface area (Å²) in [6, 6.07) is 1.95. The molecule has 70 valence electrons. The van der Waals surface area contributed by atoms with Crippen LogP contribution >= 0.6 is 11.3 Å². The van der Waals surface area contributed by atoms with Crippen molar-refractivity contribution >= 4 is 21.2 Å². The highest BCUT2D eigenvalue weighted by atomic mass is 32.2. The molecule has 0 aromatic carbocycles. The summed E-state index contributed by atoms with van der Waals surface area (Å²) in [7, 11) is -3.01. The molecule has 13 heavy (non-hydrogen) atoms. The van der Waals surface area contributed by atoms with Crippen LogP contribution in [-0.2, 0) is 22.0 Å². The van der Waals surface area contributed by atoms with Gasteiger partial charge in [-0.1, -0.05) is 0 Å². The molecule has 0 spiro atoms. The molecule has 1 rings (SSSR count). The molecule has 0 fully saturated rings. The predicted molar refractivity (Wildman–Crippen MR) is 50.0 cm³/mol. The van der Waals surface area contributed by atoms with Crippen molar-refractivity contribution in [1.82, 2.24) is 4.98 Å². The lowest BCUT2D eigenvalue weighted by molar-refractivity contribution is 0.601. The molecule has 0 radical (unpaired) electrons. The highest BCUT2D eigenvalue weighted by Crippen LogP contribution is 2.12. The number of nitriles is 1. The fourth-order valence-corrected chi connectivity index (χ4v) is 2.81. The molecule has 1 aromatic heterocycles. The third-order valence-corrected chi connectivity index (χ3v) is 3.12. The normalized spacial score (nSPS) is 11.1. The summed E-state index contributed by atoms with van der Waals surface area (Å²) in [6.45, 7) is 0. The molecule has 0 saturated heterocycles. The molecule has 0 bridgehead atoms. The molecule has 0 unspecified atom stereocenters. The SMILES string of the molecule is CS(=O)(=O)Cc1nc(CC#N)cs1. The molecule has 1 heterocycles. The van der Waals surface area contributed by atoms with Crippen LogP contribution in [0.1, 0.15) is 10.7 Å². The van der Waals surface area contributed by atoms with Crippen LogP contribution in [0.2, 0.25) is 0 Å². The van der Waals surface area contributed by atoms with E-state index in [2.05, 4.69) is 4.98 Å². The Hall–Kier alpha value is -0.930. The Morgan fingerprint density at radius 1 is 1.69 bits per heavy atom. The standard InChI is InChI=1S/C7H8N2O2S2/c1-13(10,11)5-7-9-6(2-3-8)4-12-7/h4H,2,5H2,1H3. The second kappa shape index (κ2) is 3.85. The van der Waals surface area contributed by atoms with E-state index >= 15 is 0 Å². The van der Waals surface area contributed by atoms with Crippen molar-refractivity contribution in [2.75, 3.05) is 6.26 Å². The van der Waals surface area contributed by atoms with E-state index in [0.29, 0.717) is 10.7 Å². The van der Waals surface area contributed by atoms with Crippen molar-refractivity contribution in [1.29, 1.82) is 5.26 Å². The van der Waals surface area contributed by atoms with Crippen LogP contribution < -0.4 is 0 Å². The van der Waals surface area contributed by atoms with Gasteiger partial charge in [-0.15, -0.1) is 11.3 Å². The van der Waals surface area contributed by atoms with Gasteiger partial charge >= 0.3 is 0 Å². The number of hydrogen-bond acceptors (Lipinski definition) is 5. The van der Waals surface area contributed by atoms with Gasteiger partial charge in [-0.05, 0) is 0 Å². The number of thiazole rings is 1. The van der Waals surface area contributed by atoms with Gasteiger partial charge in [0, 0.05) is 11.6 Å². The molecule has 0 aliphatic carbocycles. The van der Waals surface area contributed by atoms with Crippen LogP contribution in [0.5, 0.6) is 0 Å². The monoisotopic (exact) mass is 216 g/mol. The van der Waals surface area contributed by atoms with Crippen molar-refractivity contribution < 1.29 is 8.42 Å². The van der Waals surface area contributed by atoms with Gasteiger partial charge in [0.2, 0.25) is 0 Å². The molecular formula is C7H8N2O2S2. The smallest absolute Gasteiger partial charge is 0.153 e. The molecule has 6 heteroatoms. The summed E-state index contributed by atoms with van der Waals surface area (Å²) in [5.41, 5.74) is 0.645. The zero-order valence-corrected chi connectivity index (χ0v) is 8.65. The fraction of sp³-hybridized carbons (Fsp3) is 0.429. The molecule has 0 saturated carbocycles. The predicted octanol–water partition coefficient (Wildman–Crippen LogP) is 0.754. The first-order valence-electron chi connectivity index (χ1n) is 3.49. The minimum atomic E-state index is -3.01. The highest BCUT2D eigenvalue weighted by Gasteiger charge is 2.08. The van der Waals surface area contributed by atoms with Gasteiger partial charge in [-0.3, -0.25) is 0 Å². The van der Waals surface area contributed by atoms with Gasteiger partial charge < -0.3 is 0 Å². The van der Waals surface area contributed by atoms with E-state index in [1.807, 2.05) is 6.07 Å². The summed E-state index contributed by atoms with van der Waals surface area (Å²) in [4.78, 5) is 4.00. The van der Waals surface area contributed by atoms with Crippen LogP contribution in [-0.4, -0.2) is 19.7 Å². The maximum atomic E-state index is 10.9.